The summed E-state index contributed by atoms with van der Waals surface area (Å²) in [6, 6.07) is 116. The highest BCUT2D eigenvalue weighted by Gasteiger charge is 2.24. The van der Waals surface area contributed by atoms with Crippen LogP contribution < -0.4 is 0 Å². The van der Waals surface area contributed by atoms with Crippen molar-refractivity contribution in [2.75, 3.05) is 0 Å². The molecule has 0 fully saturated rings. The Hall–Kier alpha value is -11.6. The molecular weight excluding hydrogens is 1050 g/mol. The summed E-state index contributed by atoms with van der Waals surface area (Å²) in [6.07, 6.45) is 0. The Labute approximate surface area is 502 Å². The summed E-state index contributed by atoms with van der Waals surface area (Å²) in [6.45, 7) is 0. The van der Waals surface area contributed by atoms with Gasteiger partial charge in [-0.2, -0.15) is 0 Å². The van der Waals surface area contributed by atoms with Gasteiger partial charge in [0.2, 0.25) is 0 Å². The molecule has 0 aliphatic rings. The largest absolute Gasteiger partial charge is 0.309 e. The average molecular weight is 1110 g/mol. The fraction of sp³-hybridized carbons (Fsp3) is 0. The molecule has 3 aromatic heterocycles. The summed E-state index contributed by atoms with van der Waals surface area (Å²) < 4.78 is 7.15. The van der Waals surface area contributed by atoms with E-state index in [-0.39, 0.29) is 0 Å². The zero-order valence-corrected chi connectivity index (χ0v) is 47.3. The minimum atomic E-state index is 0.917. The third-order valence-corrected chi connectivity index (χ3v) is 18.2. The van der Waals surface area contributed by atoms with E-state index in [9.17, 15) is 0 Å². The van der Waals surface area contributed by atoms with E-state index in [2.05, 4.69) is 329 Å². The van der Waals surface area contributed by atoms with Crippen molar-refractivity contribution in [3.63, 3.8) is 0 Å². The van der Waals surface area contributed by atoms with Crippen LogP contribution in [0.1, 0.15) is 0 Å². The number of aromatic nitrogens is 4. The summed E-state index contributed by atoms with van der Waals surface area (Å²) in [5.41, 5.74) is 20.7. The summed E-state index contributed by atoms with van der Waals surface area (Å²) in [5, 5.41) is 14.6. The Morgan fingerprint density at radius 2 is 0.506 bits per heavy atom. The van der Waals surface area contributed by atoms with Gasteiger partial charge in [-0.15, -0.1) is 0 Å². The molecule has 404 valence electrons. The monoisotopic (exact) mass is 1100 g/mol. The van der Waals surface area contributed by atoms with Crippen LogP contribution >= 0.6 is 0 Å². The maximum Gasteiger partial charge on any atom is 0.145 e. The van der Waals surface area contributed by atoms with Gasteiger partial charge >= 0.3 is 0 Å². The molecule has 0 atom stereocenters. The highest BCUT2D eigenvalue weighted by molar-refractivity contribution is 6.25. The minimum Gasteiger partial charge on any atom is -0.309 e. The molecule has 0 radical (unpaired) electrons. The molecule has 18 rings (SSSR count). The van der Waals surface area contributed by atoms with Crippen molar-refractivity contribution in [1.82, 2.24) is 18.7 Å². The van der Waals surface area contributed by atoms with E-state index in [0.29, 0.717) is 0 Å². The number of fused-ring (bicyclic) bond motifs is 11. The normalized spacial score (nSPS) is 11.9. The molecule has 0 saturated heterocycles. The predicted octanol–water partition coefficient (Wildman–Crippen LogP) is 22.2. The van der Waals surface area contributed by atoms with E-state index >= 15 is 0 Å². The lowest BCUT2D eigenvalue weighted by Crippen LogP contribution is -1.97. The first-order chi connectivity index (χ1) is 43.2. The molecule has 0 aliphatic carbocycles. The lowest BCUT2D eigenvalue weighted by molar-refractivity contribution is 1.10. The number of imidazole rings is 1. The highest BCUT2D eigenvalue weighted by atomic mass is 15.1. The average Bonchev–Trinajstić information content (AvgIpc) is 1.78. The van der Waals surface area contributed by atoms with E-state index in [1.165, 1.54) is 109 Å². The first-order valence-electron chi connectivity index (χ1n) is 29.9. The number of rotatable bonds is 8. The molecule has 87 heavy (non-hydrogen) atoms. The molecule has 4 heteroatoms. The summed E-state index contributed by atoms with van der Waals surface area (Å²) in [7, 11) is 0. The summed E-state index contributed by atoms with van der Waals surface area (Å²) >= 11 is 0. The predicted molar refractivity (Wildman–Crippen MR) is 367 cm³/mol. The zero-order valence-electron chi connectivity index (χ0n) is 47.3. The fourth-order valence-corrected chi connectivity index (χ4v) is 14.6. The number of hydrogen-bond acceptors (Lipinski definition) is 1. The van der Waals surface area contributed by atoms with E-state index < -0.39 is 0 Å². The Morgan fingerprint density at radius 3 is 0.966 bits per heavy atom. The van der Waals surface area contributed by atoms with Crippen LogP contribution in [0.5, 0.6) is 0 Å². The number of nitrogens with zero attached hydrogens (tertiary/aromatic N) is 4. The van der Waals surface area contributed by atoms with Crippen molar-refractivity contribution in [2.24, 2.45) is 0 Å². The van der Waals surface area contributed by atoms with Gasteiger partial charge in [-0.1, -0.05) is 237 Å². The Morgan fingerprint density at radius 1 is 0.184 bits per heavy atom. The summed E-state index contributed by atoms with van der Waals surface area (Å²) in [5.74, 6) is 0.917. The van der Waals surface area contributed by atoms with Gasteiger partial charge in [0.15, 0.2) is 0 Å². The molecule has 0 bridgehead atoms. The molecule has 0 saturated carbocycles. The van der Waals surface area contributed by atoms with Crippen LogP contribution in [0.25, 0.3) is 171 Å². The van der Waals surface area contributed by atoms with Crippen LogP contribution in [0, 0.1) is 0 Å². The van der Waals surface area contributed by atoms with Gasteiger partial charge in [0.1, 0.15) is 5.82 Å². The molecule has 0 spiro atoms. The van der Waals surface area contributed by atoms with E-state index in [0.717, 1.165) is 61.7 Å². The smallest absolute Gasteiger partial charge is 0.145 e. The third-order valence-electron chi connectivity index (χ3n) is 18.2. The van der Waals surface area contributed by atoms with Crippen LogP contribution in [-0.2, 0) is 0 Å². The molecular formula is C83H52N4. The van der Waals surface area contributed by atoms with Gasteiger partial charge < -0.3 is 9.13 Å². The molecule has 0 aliphatic heterocycles. The van der Waals surface area contributed by atoms with Crippen molar-refractivity contribution in [3.8, 4) is 73.0 Å². The molecule has 3 heterocycles. The second kappa shape index (κ2) is 19.5. The number of para-hydroxylation sites is 7. The van der Waals surface area contributed by atoms with Gasteiger partial charge in [-0.3, -0.25) is 4.57 Å². The van der Waals surface area contributed by atoms with Crippen molar-refractivity contribution < 1.29 is 0 Å². The van der Waals surface area contributed by atoms with Crippen molar-refractivity contribution in [1.29, 1.82) is 0 Å². The van der Waals surface area contributed by atoms with Gasteiger partial charge in [0, 0.05) is 44.2 Å². The Balaban J connectivity index is 0.870. The first-order valence-corrected chi connectivity index (χ1v) is 29.9. The van der Waals surface area contributed by atoms with Crippen LogP contribution in [-0.4, -0.2) is 18.7 Å². The van der Waals surface area contributed by atoms with Gasteiger partial charge in [-0.25, -0.2) is 4.98 Å². The standard InChI is InChI=1S/C83H52N4/c1-2-24-58(25-3-1)87-78-43-19-14-38-73(78)84-83(87)54-46-44-53(45-47-54)79-65-32-4-6-34-67(65)81(68-35-7-5-33-66(68)79)57-48-49-71-72(52-57)82(56-23-21-27-60(51-56)86-76-41-17-12-30-63(76)64-31-13-18-42-77(64)86)70-37-9-8-36-69(70)80(71)55-22-20-26-59(50-55)85-74-39-15-10-28-61(74)62-29-11-16-40-75(62)85/h1-52H. The van der Waals surface area contributed by atoms with E-state index in [4.69, 9.17) is 4.98 Å². The van der Waals surface area contributed by atoms with Crippen molar-refractivity contribution >= 4 is 97.7 Å². The second-order valence-electron chi connectivity index (χ2n) is 22.9. The quantitative estimate of drug-likeness (QED) is 0.139. The van der Waals surface area contributed by atoms with Gasteiger partial charge in [0.05, 0.1) is 33.1 Å². The van der Waals surface area contributed by atoms with Crippen LogP contribution in [0.2, 0.25) is 0 Å². The SMILES string of the molecule is c1ccc(-n2c(-c3ccc(-c4c5ccccc5c(-c5ccc6c(-c7cccc(-n8c9ccccc9c9ccccc98)c7)c7ccccc7c(-c7cccc(-n8c9ccccc9c9ccccc98)c7)c6c5)c5ccccc45)cc3)nc3ccccc32)cc1. The number of hydrogen-bond donors (Lipinski definition) is 0. The molecule has 0 unspecified atom stereocenters. The molecule has 0 amide bonds. The third kappa shape index (κ3) is 7.54. The second-order valence-corrected chi connectivity index (χ2v) is 22.9. The van der Waals surface area contributed by atoms with Gasteiger partial charge in [-0.05, 0) is 166 Å². The number of benzene rings is 15. The zero-order chi connectivity index (χ0) is 57.1. The topological polar surface area (TPSA) is 27.7 Å². The fourth-order valence-electron chi connectivity index (χ4n) is 14.6. The molecule has 4 nitrogen and oxygen atoms in total. The van der Waals surface area contributed by atoms with Crippen LogP contribution in [0.4, 0.5) is 0 Å². The van der Waals surface area contributed by atoms with Gasteiger partial charge in [0.25, 0.3) is 0 Å². The lowest BCUT2D eigenvalue weighted by Gasteiger charge is -2.21. The van der Waals surface area contributed by atoms with Crippen LogP contribution in [0.15, 0.2) is 315 Å². The van der Waals surface area contributed by atoms with E-state index in [1.807, 2.05) is 0 Å². The van der Waals surface area contributed by atoms with E-state index in [1.54, 1.807) is 0 Å². The summed E-state index contributed by atoms with van der Waals surface area (Å²) in [4.78, 5) is 5.23. The first kappa shape index (κ1) is 48.9. The molecule has 15 aromatic carbocycles. The maximum absolute atomic E-state index is 5.23. The molecule has 0 N–H and O–H groups in total. The van der Waals surface area contributed by atoms with Crippen molar-refractivity contribution in [2.45, 2.75) is 0 Å². The minimum absolute atomic E-state index is 0.917. The maximum atomic E-state index is 5.23. The lowest BCUT2D eigenvalue weighted by atomic mass is 9.82. The molecule has 18 aromatic rings. The Bertz CT molecular complexity index is 5660. The van der Waals surface area contributed by atoms with Crippen molar-refractivity contribution in [3.05, 3.63) is 315 Å². The van der Waals surface area contributed by atoms with Crippen LogP contribution in [0.3, 0.4) is 0 Å². The Kier molecular flexibility index (Phi) is 11.0. The highest BCUT2D eigenvalue weighted by Crippen LogP contribution is 2.49.